The molecule has 5 fully saturated rings. The highest BCUT2D eigenvalue weighted by Crippen LogP contribution is 2.65. The number of piperidine rings is 1. The number of hydrogen-bond acceptors (Lipinski definition) is 7. The molecule has 0 unspecified atom stereocenters. The molecule has 3 aliphatic carbocycles. The first-order valence-corrected chi connectivity index (χ1v) is 19.0. The standard InChI is InChI=1S/C34H53N5O7S/c1-7-16-35-29(42)26(40)22(18-20-11-12-20)36-28(41)25-24-21(33(24,5)6)19-39(25)30(43)27(32(2,3)4)37-31(44)38-34(14-9-8-10-15-34)23-13-17-47(23,45)46/h7,20-25,27H,1,8-19H2,2-6H3,(H,35,42)(H,36,41)(H2,37,38,44)/t21-,22-,23-,24-,25-,27+/m0/s1. The summed E-state index contributed by atoms with van der Waals surface area (Å²) < 4.78 is 25.4. The highest BCUT2D eigenvalue weighted by molar-refractivity contribution is 7.93. The number of carbonyl (C=O) groups is 5. The van der Waals surface area contributed by atoms with Crippen LogP contribution in [-0.4, -0.2) is 90.6 Å². The van der Waals surface area contributed by atoms with Crippen LogP contribution in [0.3, 0.4) is 0 Å². The summed E-state index contributed by atoms with van der Waals surface area (Å²) in [6.07, 6.45) is 7.93. The number of hydrogen-bond donors (Lipinski definition) is 4. The Bertz CT molecular complexity index is 1410. The Morgan fingerprint density at radius 1 is 1.00 bits per heavy atom. The molecule has 13 heteroatoms. The van der Waals surface area contributed by atoms with Crippen LogP contribution >= 0.6 is 0 Å². The zero-order valence-corrected chi connectivity index (χ0v) is 29.3. The maximum Gasteiger partial charge on any atom is 0.315 e. The van der Waals surface area contributed by atoms with E-state index in [-0.39, 0.29) is 35.5 Å². The van der Waals surface area contributed by atoms with E-state index in [0.29, 0.717) is 32.2 Å². The highest BCUT2D eigenvalue weighted by Gasteiger charge is 2.70. The number of nitrogens with zero attached hydrogens (tertiary/aromatic N) is 1. The van der Waals surface area contributed by atoms with Crippen LogP contribution in [0.5, 0.6) is 0 Å². The minimum absolute atomic E-state index is 0.0689. The predicted octanol–water partition coefficient (Wildman–Crippen LogP) is 2.23. The van der Waals surface area contributed by atoms with Gasteiger partial charge in [0.25, 0.3) is 5.91 Å². The molecule has 0 radical (unpaired) electrons. The monoisotopic (exact) mass is 675 g/mol. The lowest BCUT2D eigenvalue weighted by Gasteiger charge is -2.47. The van der Waals surface area contributed by atoms with Gasteiger partial charge in [-0.05, 0) is 54.3 Å². The first kappa shape index (κ1) is 35.3. The van der Waals surface area contributed by atoms with E-state index in [4.69, 9.17) is 0 Å². The number of fused-ring (bicyclic) bond motifs is 1. The summed E-state index contributed by atoms with van der Waals surface area (Å²) in [7, 11) is -3.29. The Kier molecular flexibility index (Phi) is 9.64. The molecule has 3 saturated carbocycles. The molecule has 6 atom stereocenters. The second-order valence-corrected chi connectivity index (χ2v) is 18.6. The Hall–Kier alpha value is -2.96. The van der Waals surface area contributed by atoms with Crippen molar-refractivity contribution in [3.63, 3.8) is 0 Å². The molecule has 12 nitrogen and oxygen atoms in total. The van der Waals surface area contributed by atoms with E-state index in [1.807, 2.05) is 20.8 Å². The van der Waals surface area contributed by atoms with Gasteiger partial charge in [0.2, 0.25) is 17.6 Å². The summed E-state index contributed by atoms with van der Waals surface area (Å²) >= 11 is 0. The van der Waals surface area contributed by atoms with Crippen LogP contribution in [0.25, 0.3) is 0 Å². The minimum atomic E-state index is -3.29. The second-order valence-electron chi connectivity index (χ2n) is 16.3. The molecule has 0 aromatic heterocycles. The molecule has 262 valence electrons. The average molecular weight is 676 g/mol. The van der Waals surface area contributed by atoms with Crippen molar-refractivity contribution in [2.75, 3.05) is 18.8 Å². The van der Waals surface area contributed by atoms with E-state index in [2.05, 4.69) is 41.7 Å². The smallest absolute Gasteiger partial charge is 0.315 e. The number of urea groups is 1. The number of nitrogens with one attached hydrogen (secondary N) is 4. The van der Waals surface area contributed by atoms with Crippen LogP contribution in [0, 0.1) is 28.6 Å². The van der Waals surface area contributed by atoms with Crippen molar-refractivity contribution in [2.45, 2.75) is 121 Å². The fourth-order valence-electron chi connectivity index (χ4n) is 8.37. The summed E-state index contributed by atoms with van der Waals surface area (Å²) in [5.41, 5.74) is -1.80. The summed E-state index contributed by atoms with van der Waals surface area (Å²) in [6.45, 7) is 13.7. The van der Waals surface area contributed by atoms with Crippen LogP contribution in [0.1, 0.15) is 92.4 Å². The van der Waals surface area contributed by atoms with Gasteiger partial charge in [0, 0.05) is 13.1 Å². The normalized spacial score (nSPS) is 29.6. The van der Waals surface area contributed by atoms with Crippen LogP contribution in [-0.2, 0) is 29.0 Å². The third-order valence-corrected chi connectivity index (χ3v) is 13.9. The van der Waals surface area contributed by atoms with Crippen LogP contribution < -0.4 is 21.3 Å². The van der Waals surface area contributed by atoms with Gasteiger partial charge in [0.05, 0.1) is 22.6 Å². The lowest BCUT2D eigenvalue weighted by Crippen LogP contribution is -2.67. The maximum atomic E-state index is 14.4. The van der Waals surface area contributed by atoms with Gasteiger partial charge < -0.3 is 26.2 Å². The zero-order chi connectivity index (χ0) is 34.5. The lowest BCUT2D eigenvalue weighted by atomic mass is 9.78. The summed E-state index contributed by atoms with van der Waals surface area (Å²) in [5.74, 6) is -2.08. The molecule has 5 rings (SSSR count). The molecule has 0 spiro atoms. The fourth-order valence-corrected chi connectivity index (χ4v) is 10.2. The fraction of sp³-hybridized carbons (Fsp3) is 0.794. The summed E-state index contributed by atoms with van der Waals surface area (Å²) in [4.78, 5) is 69.3. The number of amides is 5. The first-order valence-electron chi connectivity index (χ1n) is 17.3. The molecular formula is C34H53N5O7S. The van der Waals surface area contributed by atoms with Gasteiger partial charge in [-0.2, -0.15) is 0 Å². The predicted molar refractivity (Wildman–Crippen MR) is 177 cm³/mol. The van der Waals surface area contributed by atoms with Crippen LogP contribution in [0.4, 0.5) is 4.79 Å². The Balaban J connectivity index is 1.34. The SMILES string of the molecule is C=CCNC(=O)C(=O)[C@H](CC1CC1)NC(=O)[C@@H]1[C@@H]2[C@H](CN1C(=O)[C@@H](NC(=O)NC1([C@@H]3CCS3(=O)=O)CCCCC1)C(C)(C)C)C2(C)C. The third kappa shape index (κ3) is 7.10. The third-order valence-electron chi connectivity index (χ3n) is 11.5. The van der Waals surface area contributed by atoms with Crippen molar-refractivity contribution in [3.8, 4) is 0 Å². The number of ketones is 1. The largest absolute Gasteiger partial charge is 0.346 e. The molecular weight excluding hydrogens is 622 g/mol. The van der Waals surface area contributed by atoms with Crippen LogP contribution in [0.15, 0.2) is 12.7 Å². The number of Topliss-reactive ketones (excluding diaryl/α,β-unsaturated/α-hetero) is 1. The van der Waals surface area contributed by atoms with Crippen molar-refractivity contribution >= 4 is 39.4 Å². The Morgan fingerprint density at radius 3 is 2.19 bits per heavy atom. The van der Waals surface area contributed by atoms with Gasteiger partial charge in [-0.25, -0.2) is 13.2 Å². The van der Waals surface area contributed by atoms with Gasteiger partial charge in [0.1, 0.15) is 12.1 Å². The summed E-state index contributed by atoms with van der Waals surface area (Å²) in [5, 5.41) is 10.6. The van der Waals surface area contributed by atoms with Crippen molar-refractivity contribution in [1.82, 2.24) is 26.2 Å². The molecule has 4 N–H and O–H groups in total. The highest BCUT2D eigenvalue weighted by atomic mass is 32.2. The molecule has 2 heterocycles. The molecule has 0 aromatic rings. The van der Waals surface area contributed by atoms with Crippen molar-refractivity contribution in [2.24, 2.45) is 28.6 Å². The van der Waals surface area contributed by atoms with Gasteiger partial charge in [-0.15, -0.1) is 6.58 Å². The van der Waals surface area contributed by atoms with Crippen molar-refractivity contribution in [1.29, 1.82) is 0 Å². The Morgan fingerprint density at radius 2 is 1.66 bits per heavy atom. The number of likely N-dealkylation sites (tertiary alicyclic amines) is 1. The van der Waals surface area contributed by atoms with E-state index < -0.39 is 73.7 Å². The number of carbonyl (C=O) groups excluding carboxylic acids is 5. The lowest BCUT2D eigenvalue weighted by molar-refractivity contribution is -0.145. The number of rotatable bonds is 12. The average Bonchev–Trinajstić information content (AvgIpc) is 3.84. The van der Waals surface area contributed by atoms with E-state index in [9.17, 15) is 32.4 Å². The van der Waals surface area contributed by atoms with Gasteiger partial charge >= 0.3 is 6.03 Å². The minimum Gasteiger partial charge on any atom is -0.346 e. The molecule has 2 saturated heterocycles. The zero-order valence-electron chi connectivity index (χ0n) is 28.5. The molecule has 0 aromatic carbocycles. The molecule has 2 aliphatic heterocycles. The van der Waals surface area contributed by atoms with Crippen LogP contribution in [0.2, 0.25) is 0 Å². The first-order chi connectivity index (χ1) is 21.9. The topological polar surface area (TPSA) is 171 Å². The van der Waals surface area contributed by atoms with E-state index in [0.717, 1.165) is 32.1 Å². The maximum absolute atomic E-state index is 14.4. The molecule has 47 heavy (non-hydrogen) atoms. The second kappa shape index (κ2) is 12.8. The van der Waals surface area contributed by atoms with E-state index in [1.54, 1.807) is 0 Å². The van der Waals surface area contributed by atoms with Crippen molar-refractivity contribution < 1.29 is 32.4 Å². The van der Waals surface area contributed by atoms with Crippen molar-refractivity contribution in [3.05, 3.63) is 12.7 Å². The quantitative estimate of drug-likeness (QED) is 0.182. The molecule has 0 bridgehead atoms. The Labute approximate surface area is 278 Å². The van der Waals surface area contributed by atoms with E-state index >= 15 is 0 Å². The van der Waals surface area contributed by atoms with E-state index in [1.165, 1.54) is 11.0 Å². The molecule has 5 amide bonds. The molecule has 5 aliphatic rings. The summed E-state index contributed by atoms with van der Waals surface area (Å²) in [6, 6.07) is -3.47. The van der Waals surface area contributed by atoms with Gasteiger partial charge in [-0.3, -0.25) is 19.2 Å². The van der Waals surface area contributed by atoms with Gasteiger partial charge in [-0.1, -0.05) is 72.8 Å². The number of sulfone groups is 1. The van der Waals surface area contributed by atoms with Gasteiger partial charge in [0.15, 0.2) is 9.84 Å².